The standard InChI is InChI=1S/C12H10N4OS/c13-9-4-8(6-14-7-9)12-15-11(16-17-12)5-10-2-1-3-18-10/h1-4,6-7H,5,13H2. The maximum Gasteiger partial charge on any atom is 0.259 e. The van der Waals surface area contributed by atoms with Gasteiger partial charge in [0.2, 0.25) is 0 Å². The molecular formula is C12H10N4OS. The molecule has 0 aromatic carbocycles. The van der Waals surface area contributed by atoms with Gasteiger partial charge in [-0.2, -0.15) is 4.98 Å². The fourth-order valence-corrected chi connectivity index (χ4v) is 2.29. The van der Waals surface area contributed by atoms with Crippen molar-refractivity contribution in [2.24, 2.45) is 0 Å². The molecule has 3 aromatic heterocycles. The molecule has 0 aliphatic heterocycles. The molecule has 0 amide bonds. The summed E-state index contributed by atoms with van der Waals surface area (Å²) in [6, 6.07) is 5.81. The number of rotatable bonds is 3. The second-order valence-corrected chi connectivity index (χ2v) is 4.81. The second kappa shape index (κ2) is 4.58. The molecule has 0 unspecified atom stereocenters. The predicted octanol–water partition coefficient (Wildman–Crippen LogP) is 2.37. The largest absolute Gasteiger partial charge is 0.397 e. The first-order chi connectivity index (χ1) is 8.81. The lowest BCUT2D eigenvalue weighted by Gasteiger charge is -1.94. The molecule has 0 fully saturated rings. The second-order valence-electron chi connectivity index (χ2n) is 3.78. The van der Waals surface area contributed by atoms with Gasteiger partial charge in [0.1, 0.15) is 0 Å². The van der Waals surface area contributed by atoms with Gasteiger partial charge in [0.25, 0.3) is 5.89 Å². The Hall–Kier alpha value is -2.21. The topological polar surface area (TPSA) is 77.8 Å². The number of anilines is 1. The Bertz CT molecular complexity index is 648. The fourth-order valence-electron chi connectivity index (χ4n) is 1.59. The lowest BCUT2D eigenvalue weighted by molar-refractivity contribution is 0.424. The van der Waals surface area contributed by atoms with Crippen LogP contribution in [0.25, 0.3) is 11.5 Å². The van der Waals surface area contributed by atoms with Crippen LogP contribution >= 0.6 is 11.3 Å². The number of hydrogen-bond acceptors (Lipinski definition) is 6. The summed E-state index contributed by atoms with van der Waals surface area (Å²) in [5, 5.41) is 5.98. The lowest BCUT2D eigenvalue weighted by atomic mass is 10.2. The van der Waals surface area contributed by atoms with E-state index in [1.165, 1.54) is 4.88 Å². The highest BCUT2D eigenvalue weighted by atomic mass is 32.1. The molecule has 0 saturated carbocycles. The first-order valence-electron chi connectivity index (χ1n) is 5.37. The average Bonchev–Trinajstić information content (AvgIpc) is 3.01. The monoisotopic (exact) mass is 258 g/mol. The molecule has 0 atom stereocenters. The van der Waals surface area contributed by atoms with Gasteiger partial charge < -0.3 is 10.3 Å². The van der Waals surface area contributed by atoms with E-state index in [1.807, 2.05) is 17.5 Å². The number of hydrogen-bond donors (Lipinski definition) is 1. The van der Waals surface area contributed by atoms with Crippen LogP contribution in [0, 0.1) is 0 Å². The van der Waals surface area contributed by atoms with E-state index in [0.717, 1.165) is 5.56 Å². The molecule has 3 rings (SSSR count). The van der Waals surface area contributed by atoms with Crippen LogP contribution in [0.2, 0.25) is 0 Å². The van der Waals surface area contributed by atoms with Crippen molar-refractivity contribution in [3.63, 3.8) is 0 Å². The Balaban J connectivity index is 1.85. The Kier molecular flexibility index (Phi) is 2.77. The summed E-state index contributed by atoms with van der Waals surface area (Å²) in [4.78, 5) is 9.53. The Labute approximate surface area is 107 Å². The number of nitrogen functional groups attached to an aromatic ring is 1. The smallest absolute Gasteiger partial charge is 0.259 e. The van der Waals surface area contributed by atoms with Crippen LogP contribution in [0.15, 0.2) is 40.5 Å². The molecule has 3 aromatic rings. The lowest BCUT2D eigenvalue weighted by Crippen LogP contribution is -1.89. The minimum atomic E-state index is 0.446. The van der Waals surface area contributed by atoms with E-state index in [2.05, 4.69) is 15.1 Å². The van der Waals surface area contributed by atoms with Crippen molar-refractivity contribution in [2.75, 3.05) is 5.73 Å². The van der Waals surface area contributed by atoms with Gasteiger partial charge in [0, 0.05) is 23.7 Å². The molecule has 6 heteroatoms. The number of nitrogens with zero attached hydrogens (tertiary/aromatic N) is 3. The summed E-state index contributed by atoms with van der Waals surface area (Å²) in [5.74, 6) is 1.11. The Morgan fingerprint density at radius 2 is 2.28 bits per heavy atom. The number of pyridine rings is 1. The molecule has 2 N–H and O–H groups in total. The quantitative estimate of drug-likeness (QED) is 0.780. The van der Waals surface area contributed by atoms with E-state index >= 15 is 0 Å². The normalized spacial score (nSPS) is 10.7. The first kappa shape index (κ1) is 10.9. The van der Waals surface area contributed by atoms with Crippen molar-refractivity contribution >= 4 is 17.0 Å². The van der Waals surface area contributed by atoms with E-state index in [4.69, 9.17) is 10.3 Å². The van der Waals surface area contributed by atoms with E-state index in [9.17, 15) is 0 Å². The van der Waals surface area contributed by atoms with Gasteiger partial charge in [-0.05, 0) is 17.5 Å². The average molecular weight is 258 g/mol. The zero-order valence-electron chi connectivity index (χ0n) is 9.41. The van der Waals surface area contributed by atoms with E-state index in [0.29, 0.717) is 23.8 Å². The highest BCUT2D eigenvalue weighted by Gasteiger charge is 2.10. The molecule has 18 heavy (non-hydrogen) atoms. The molecule has 0 aliphatic carbocycles. The summed E-state index contributed by atoms with van der Waals surface area (Å²) < 4.78 is 5.20. The summed E-state index contributed by atoms with van der Waals surface area (Å²) in [7, 11) is 0. The van der Waals surface area contributed by atoms with Gasteiger partial charge >= 0.3 is 0 Å². The SMILES string of the molecule is Nc1cncc(-c2nc(Cc3cccs3)no2)c1. The van der Waals surface area contributed by atoms with Crippen molar-refractivity contribution in [1.82, 2.24) is 15.1 Å². The van der Waals surface area contributed by atoms with Gasteiger partial charge in [-0.1, -0.05) is 11.2 Å². The molecule has 90 valence electrons. The molecule has 5 nitrogen and oxygen atoms in total. The summed E-state index contributed by atoms with van der Waals surface area (Å²) in [5.41, 5.74) is 6.97. The molecule has 0 saturated heterocycles. The molecule has 3 heterocycles. The number of nitrogens with two attached hydrogens (primary N) is 1. The fraction of sp³-hybridized carbons (Fsp3) is 0.0833. The van der Waals surface area contributed by atoms with E-state index in [1.54, 1.807) is 29.8 Å². The predicted molar refractivity (Wildman–Crippen MR) is 69.1 cm³/mol. The van der Waals surface area contributed by atoms with Crippen LogP contribution in [0.5, 0.6) is 0 Å². The molecule has 0 bridgehead atoms. The van der Waals surface area contributed by atoms with Gasteiger partial charge in [0.15, 0.2) is 5.82 Å². The third kappa shape index (κ3) is 2.23. The van der Waals surface area contributed by atoms with Gasteiger partial charge in [0.05, 0.1) is 11.3 Å². The highest BCUT2D eigenvalue weighted by molar-refractivity contribution is 7.09. The first-order valence-corrected chi connectivity index (χ1v) is 6.25. The summed E-state index contributed by atoms with van der Waals surface area (Å²) in [6.07, 6.45) is 3.90. The van der Waals surface area contributed by atoms with Crippen LogP contribution in [-0.2, 0) is 6.42 Å². The Morgan fingerprint density at radius 3 is 3.06 bits per heavy atom. The maximum absolute atomic E-state index is 5.66. The molecule has 0 spiro atoms. The zero-order valence-corrected chi connectivity index (χ0v) is 10.2. The third-order valence-electron chi connectivity index (χ3n) is 2.39. The molecular weight excluding hydrogens is 248 g/mol. The third-order valence-corrected chi connectivity index (χ3v) is 3.26. The summed E-state index contributed by atoms with van der Waals surface area (Å²) >= 11 is 1.67. The van der Waals surface area contributed by atoms with Crippen LogP contribution < -0.4 is 5.73 Å². The zero-order chi connectivity index (χ0) is 12.4. The Morgan fingerprint density at radius 1 is 1.33 bits per heavy atom. The number of aromatic nitrogens is 3. The number of thiophene rings is 1. The van der Waals surface area contributed by atoms with Gasteiger partial charge in [-0.15, -0.1) is 11.3 Å². The van der Waals surface area contributed by atoms with Crippen molar-refractivity contribution in [2.45, 2.75) is 6.42 Å². The maximum atomic E-state index is 5.66. The van der Waals surface area contributed by atoms with Crippen LogP contribution in [0.3, 0.4) is 0 Å². The molecule has 0 radical (unpaired) electrons. The van der Waals surface area contributed by atoms with Crippen LogP contribution in [-0.4, -0.2) is 15.1 Å². The van der Waals surface area contributed by atoms with Crippen molar-refractivity contribution in [3.05, 3.63) is 46.7 Å². The summed E-state index contributed by atoms with van der Waals surface area (Å²) in [6.45, 7) is 0. The van der Waals surface area contributed by atoms with Gasteiger partial charge in [-0.25, -0.2) is 0 Å². The van der Waals surface area contributed by atoms with Crippen molar-refractivity contribution < 1.29 is 4.52 Å². The highest BCUT2D eigenvalue weighted by Crippen LogP contribution is 2.19. The molecule has 0 aliphatic rings. The minimum absolute atomic E-state index is 0.446. The van der Waals surface area contributed by atoms with E-state index in [-0.39, 0.29) is 0 Å². The van der Waals surface area contributed by atoms with E-state index < -0.39 is 0 Å². The van der Waals surface area contributed by atoms with Crippen LogP contribution in [0.4, 0.5) is 5.69 Å². The van der Waals surface area contributed by atoms with Crippen molar-refractivity contribution in [1.29, 1.82) is 0 Å². The van der Waals surface area contributed by atoms with Crippen molar-refractivity contribution in [3.8, 4) is 11.5 Å². The van der Waals surface area contributed by atoms with Gasteiger partial charge in [-0.3, -0.25) is 4.98 Å². The minimum Gasteiger partial charge on any atom is -0.397 e. The van der Waals surface area contributed by atoms with Crippen LogP contribution in [0.1, 0.15) is 10.7 Å².